The molecule has 1 aliphatic heterocycles. The molecular weight excluding hydrogens is 252 g/mol. The average molecular weight is 267 g/mol. The van der Waals surface area contributed by atoms with Crippen LogP contribution in [0.3, 0.4) is 0 Å². The summed E-state index contributed by atoms with van der Waals surface area (Å²) in [5.74, 6) is 0. The number of nitrogens with one attached hydrogen (secondary N) is 1. The van der Waals surface area contributed by atoms with E-state index >= 15 is 0 Å². The molecule has 1 unspecified atom stereocenters. The molecule has 0 saturated carbocycles. The van der Waals surface area contributed by atoms with Gasteiger partial charge in [-0.25, -0.2) is 4.98 Å². The van der Waals surface area contributed by atoms with Crippen molar-refractivity contribution in [3.05, 3.63) is 28.2 Å². The molecule has 0 bridgehead atoms. The lowest BCUT2D eigenvalue weighted by Gasteiger charge is -2.32. The first kappa shape index (κ1) is 11.5. The molecule has 1 saturated heterocycles. The molecule has 0 aliphatic carbocycles. The van der Waals surface area contributed by atoms with Crippen LogP contribution in [0.15, 0.2) is 18.2 Å². The molecule has 3 rings (SSSR count). The summed E-state index contributed by atoms with van der Waals surface area (Å²) < 4.78 is 1.11. The molecule has 1 fully saturated rings. The molecule has 0 spiro atoms. The van der Waals surface area contributed by atoms with Crippen molar-refractivity contribution in [3.8, 4) is 0 Å². The Bertz CT molecular complexity index is 543. The highest BCUT2D eigenvalue weighted by Crippen LogP contribution is 2.37. The summed E-state index contributed by atoms with van der Waals surface area (Å²) >= 11 is 7.93. The Morgan fingerprint density at radius 3 is 3.00 bits per heavy atom. The first-order valence-corrected chi connectivity index (χ1v) is 7.19. The fourth-order valence-electron chi connectivity index (χ4n) is 2.39. The first-order valence-electron chi connectivity index (χ1n) is 6.00. The van der Waals surface area contributed by atoms with E-state index in [1.165, 1.54) is 17.8 Å². The van der Waals surface area contributed by atoms with E-state index in [2.05, 4.69) is 12.2 Å². The quantitative estimate of drug-likeness (QED) is 0.846. The molecule has 1 atom stereocenters. The van der Waals surface area contributed by atoms with Crippen molar-refractivity contribution >= 4 is 33.2 Å². The maximum absolute atomic E-state index is 6.20. The maximum Gasteiger partial charge on any atom is 0.114 e. The second-order valence-electron chi connectivity index (χ2n) is 4.82. The van der Waals surface area contributed by atoms with Gasteiger partial charge in [-0.05, 0) is 44.9 Å². The molecule has 0 amide bonds. The van der Waals surface area contributed by atoms with Gasteiger partial charge >= 0.3 is 0 Å². The molecule has 2 aromatic rings. The van der Waals surface area contributed by atoms with Gasteiger partial charge in [0, 0.05) is 0 Å². The Hall–Kier alpha value is -0.640. The number of piperidine rings is 1. The standard InChI is InChI=1S/C13H15ClN2S/c1-13(7-2-3-8-15-13)12-16-10-6-4-5-9(14)11(10)17-12/h4-6,15H,2-3,7-8H2,1H3. The normalized spacial score (nSPS) is 25.3. The highest BCUT2D eigenvalue weighted by atomic mass is 35.5. The van der Waals surface area contributed by atoms with Gasteiger partial charge in [-0.3, -0.25) is 0 Å². The van der Waals surface area contributed by atoms with Crippen LogP contribution in [0.25, 0.3) is 10.2 Å². The third-order valence-electron chi connectivity index (χ3n) is 3.46. The Morgan fingerprint density at radius 2 is 2.29 bits per heavy atom. The number of fused-ring (bicyclic) bond motifs is 1. The number of nitrogens with zero attached hydrogens (tertiary/aromatic N) is 1. The Labute approximate surface area is 110 Å². The lowest BCUT2D eigenvalue weighted by Crippen LogP contribution is -2.43. The van der Waals surface area contributed by atoms with Crippen molar-refractivity contribution < 1.29 is 0 Å². The first-order chi connectivity index (χ1) is 8.19. The fraction of sp³-hybridized carbons (Fsp3) is 0.462. The van der Waals surface area contributed by atoms with Crippen molar-refractivity contribution in [2.24, 2.45) is 0 Å². The number of aromatic nitrogens is 1. The molecule has 0 radical (unpaired) electrons. The maximum atomic E-state index is 6.20. The van der Waals surface area contributed by atoms with E-state index in [1.54, 1.807) is 11.3 Å². The smallest absolute Gasteiger partial charge is 0.114 e. The molecular formula is C13H15ClN2S. The van der Waals surface area contributed by atoms with Gasteiger partial charge in [-0.2, -0.15) is 0 Å². The van der Waals surface area contributed by atoms with Gasteiger partial charge in [-0.1, -0.05) is 17.7 Å². The summed E-state index contributed by atoms with van der Waals surface area (Å²) in [7, 11) is 0. The summed E-state index contributed by atoms with van der Waals surface area (Å²) in [6, 6.07) is 5.93. The summed E-state index contributed by atoms with van der Waals surface area (Å²) in [5.41, 5.74) is 1.05. The molecule has 90 valence electrons. The number of halogens is 1. The van der Waals surface area contributed by atoms with E-state index in [9.17, 15) is 0 Å². The van der Waals surface area contributed by atoms with E-state index < -0.39 is 0 Å². The zero-order chi connectivity index (χ0) is 11.9. The zero-order valence-corrected chi connectivity index (χ0v) is 11.4. The Morgan fingerprint density at radius 1 is 1.41 bits per heavy atom. The predicted molar refractivity (Wildman–Crippen MR) is 73.8 cm³/mol. The summed E-state index contributed by atoms with van der Waals surface area (Å²) in [6.45, 7) is 3.33. The second-order valence-corrected chi connectivity index (χ2v) is 6.23. The second kappa shape index (κ2) is 4.23. The molecule has 4 heteroatoms. The zero-order valence-electron chi connectivity index (χ0n) is 9.79. The lowest BCUT2D eigenvalue weighted by atomic mass is 9.92. The van der Waals surface area contributed by atoms with Gasteiger partial charge in [0.15, 0.2) is 0 Å². The van der Waals surface area contributed by atoms with Crippen LogP contribution >= 0.6 is 22.9 Å². The molecule has 2 nitrogen and oxygen atoms in total. The Kier molecular flexibility index (Phi) is 2.85. The summed E-state index contributed by atoms with van der Waals surface area (Å²) in [5, 5.41) is 5.57. The fourth-order valence-corrected chi connectivity index (χ4v) is 3.80. The van der Waals surface area contributed by atoms with Gasteiger partial charge in [0.1, 0.15) is 5.01 Å². The highest BCUT2D eigenvalue weighted by molar-refractivity contribution is 7.19. The van der Waals surface area contributed by atoms with Gasteiger partial charge < -0.3 is 5.32 Å². The van der Waals surface area contributed by atoms with Crippen LogP contribution in [0.2, 0.25) is 5.02 Å². The summed E-state index contributed by atoms with van der Waals surface area (Å²) in [4.78, 5) is 4.74. The minimum Gasteiger partial charge on any atom is -0.306 e. The van der Waals surface area contributed by atoms with E-state index in [1.807, 2.05) is 18.2 Å². The molecule has 1 aromatic carbocycles. The van der Waals surface area contributed by atoms with E-state index in [4.69, 9.17) is 16.6 Å². The summed E-state index contributed by atoms with van der Waals surface area (Å²) in [6.07, 6.45) is 3.69. The molecule has 17 heavy (non-hydrogen) atoms. The number of thiazole rings is 1. The van der Waals surface area contributed by atoms with Crippen molar-refractivity contribution in [2.45, 2.75) is 31.7 Å². The largest absolute Gasteiger partial charge is 0.306 e. The lowest BCUT2D eigenvalue weighted by molar-refractivity contribution is 0.283. The molecule has 1 aromatic heterocycles. The minimum atomic E-state index is 0.0330. The molecule has 1 aliphatic rings. The number of rotatable bonds is 1. The van der Waals surface area contributed by atoms with Crippen LogP contribution in [-0.4, -0.2) is 11.5 Å². The van der Waals surface area contributed by atoms with Crippen LogP contribution in [0.5, 0.6) is 0 Å². The van der Waals surface area contributed by atoms with Crippen molar-refractivity contribution in [1.29, 1.82) is 0 Å². The van der Waals surface area contributed by atoms with Crippen LogP contribution in [0, 0.1) is 0 Å². The molecule has 1 N–H and O–H groups in total. The SMILES string of the molecule is CC1(c2nc3cccc(Cl)c3s2)CCCCN1. The average Bonchev–Trinajstić information content (AvgIpc) is 2.76. The predicted octanol–water partition coefficient (Wildman–Crippen LogP) is 3.94. The third kappa shape index (κ3) is 1.96. The van der Waals surface area contributed by atoms with E-state index in [0.717, 1.165) is 28.2 Å². The van der Waals surface area contributed by atoms with Crippen LogP contribution < -0.4 is 5.32 Å². The minimum absolute atomic E-state index is 0.0330. The van der Waals surface area contributed by atoms with Crippen molar-refractivity contribution in [1.82, 2.24) is 10.3 Å². The van der Waals surface area contributed by atoms with Gasteiger partial charge in [0.05, 0.1) is 20.8 Å². The molecule has 2 heterocycles. The van der Waals surface area contributed by atoms with Crippen molar-refractivity contribution in [3.63, 3.8) is 0 Å². The van der Waals surface area contributed by atoms with Crippen LogP contribution in [0.1, 0.15) is 31.2 Å². The van der Waals surface area contributed by atoms with Crippen molar-refractivity contribution in [2.75, 3.05) is 6.54 Å². The number of hydrogen-bond donors (Lipinski definition) is 1. The monoisotopic (exact) mass is 266 g/mol. The van der Waals surface area contributed by atoms with Crippen LogP contribution in [-0.2, 0) is 5.54 Å². The van der Waals surface area contributed by atoms with E-state index in [0.29, 0.717) is 0 Å². The van der Waals surface area contributed by atoms with Gasteiger partial charge in [0.25, 0.3) is 0 Å². The number of benzene rings is 1. The number of hydrogen-bond acceptors (Lipinski definition) is 3. The Balaban J connectivity index is 2.08. The topological polar surface area (TPSA) is 24.9 Å². The van der Waals surface area contributed by atoms with Gasteiger partial charge in [0.2, 0.25) is 0 Å². The third-order valence-corrected chi connectivity index (χ3v) is 5.25. The highest BCUT2D eigenvalue weighted by Gasteiger charge is 2.31. The van der Waals surface area contributed by atoms with E-state index in [-0.39, 0.29) is 5.54 Å². The van der Waals surface area contributed by atoms with Crippen LogP contribution in [0.4, 0.5) is 0 Å². The van der Waals surface area contributed by atoms with Gasteiger partial charge in [-0.15, -0.1) is 11.3 Å².